The Morgan fingerprint density at radius 2 is 1.92 bits per heavy atom. The lowest BCUT2D eigenvalue weighted by Crippen LogP contribution is -2.24. The van der Waals surface area contributed by atoms with E-state index in [1.165, 1.54) is 41.4 Å². The Bertz CT molecular complexity index is 897. The first-order valence-electron chi connectivity index (χ1n) is 7.07. The van der Waals surface area contributed by atoms with Gasteiger partial charge in [-0.2, -0.15) is 8.78 Å². The summed E-state index contributed by atoms with van der Waals surface area (Å²) in [5.41, 5.74) is 0.487. The van der Waals surface area contributed by atoms with Crippen molar-refractivity contribution in [2.24, 2.45) is 0 Å². The Morgan fingerprint density at radius 1 is 1.17 bits per heavy atom. The molecule has 0 aliphatic carbocycles. The molecule has 0 fully saturated rings. The van der Waals surface area contributed by atoms with Gasteiger partial charge in [0.1, 0.15) is 12.1 Å². The second kappa shape index (κ2) is 6.71. The molecule has 1 atom stereocenters. The van der Waals surface area contributed by atoms with Gasteiger partial charge in [0.25, 0.3) is 5.56 Å². The van der Waals surface area contributed by atoms with Crippen molar-refractivity contribution < 1.29 is 18.6 Å². The number of halogens is 2. The molecule has 1 N–H and O–H groups in total. The van der Waals surface area contributed by atoms with Crippen LogP contribution in [0, 0.1) is 0 Å². The Kier molecular flexibility index (Phi) is 4.48. The number of hydrogen-bond acceptors (Lipinski definition) is 5. The van der Waals surface area contributed by atoms with E-state index >= 15 is 0 Å². The molecule has 0 spiro atoms. The summed E-state index contributed by atoms with van der Waals surface area (Å²) in [4.78, 5) is 20.4. The largest absolute Gasteiger partial charge is 0.435 e. The third-order valence-corrected chi connectivity index (χ3v) is 3.46. The van der Waals surface area contributed by atoms with E-state index < -0.39 is 12.7 Å². The lowest BCUT2D eigenvalue weighted by Gasteiger charge is -2.13. The fourth-order valence-electron chi connectivity index (χ4n) is 2.29. The van der Waals surface area contributed by atoms with Crippen LogP contribution >= 0.6 is 0 Å². The number of fused-ring (bicyclic) bond motifs is 1. The molecule has 0 saturated carbocycles. The second-order valence-corrected chi connectivity index (χ2v) is 5.04. The van der Waals surface area contributed by atoms with Crippen LogP contribution in [-0.2, 0) is 6.54 Å². The van der Waals surface area contributed by atoms with E-state index in [0.29, 0.717) is 16.6 Å². The number of aliphatic hydroxyl groups excluding tert-OH is 1. The first-order valence-corrected chi connectivity index (χ1v) is 7.07. The van der Waals surface area contributed by atoms with Gasteiger partial charge in [-0.15, -0.1) is 0 Å². The second-order valence-electron chi connectivity index (χ2n) is 5.04. The topological polar surface area (TPSA) is 77.2 Å². The molecule has 0 saturated heterocycles. The fourth-order valence-corrected chi connectivity index (χ4v) is 2.29. The van der Waals surface area contributed by atoms with Crippen LogP contribution in [-0.4, -0.2) is 26.3 Å². The molecule has 0 bridgehead atoms. The van der Waals surface area contributed by atoms with Gasteiger partial charge in [-0.25, -0.2) is 9.97 Å². The molecular weight excluding hydrogens is 320 g/mol. The molecule has 0 aliphatic heterocycles. The summed E-state index contributed by atoms with van der Waals surface area (Å²) in [5, 5.41) is 10.6. The third kappa shape index (κ3) is 3.38. The molecule has 0 amide bonds. The van der Waals surface area contributed by atoms with Gasteiger partial charge in [-0.3, -0.25) is 9.36 Å². The Balaban J connectivity index is 1.80. The number of alkyl halides is 2. The SMILES string of the molecule is O=c1c2cccnc2ncn1C[C@@H](O)c1ccc(OC(F)F)cc1. The van der Waals surface area contributed by atoms with Gasteiger partial charge in [0, 0.05) is 6.20 Å². The highest BCUT2D eigenvalue weighted by Crippen LogP contribution is 2.20. The zero-order valence-electron chi connectivity index (χ0n) is 12.3. The highest BCUT2D eigenvalue weighted by molar-refractivity contribution is 5.72. The molecule has 1 aromatic carbocycles. The van der Waals surface area contributed by atoms with Crippen molar-refractivity contribution in [2.75, 3.05) is 0 Å². The summed E-state index contributed by atoms with van der Waals surface area (Å²) < 4.78 is 29.8. The van der Waals surface area contributed by atoms with E-state index in [4.69, 9.17) is 0 Å². The lowest BCUT2D eigenvalue weighted by atomic mass is 10.1. The molecule has 0 unspecified atom stereocenters. The van der Waals surface area contributed by atoms with Gasteiger partial charge in [0.2, 0.25) is 0 Å². The number of pyridine rings is 1. The van der Waals surface area contributed by atoms with Gasteiger partial charge in [-0.05, 0) is 29.8 Å². The number of rotatable bonds is 5. The highest BCUT2D eigenvalue weighted by Gasteiger charge is 2.12. The summed E-state index contributed by atoms with van der Waals surface area (Å²) in [6, 6.07) is 8.82. The maximum atomic E-state index is 12.3. The summed E-state index contributed by atoms with van der Waals surface area (Å²) in [7, 11) is 0. The Hall–Kier alpha value is -2.87. The van der Waals surface area contributed by atoms with Crippen LogP contribution in [0.3, 0.4) is 0 Å². The average molecular weight is 333 g/mol. The van der Waals surface area contributed by atoms with Crippen LogP contribution in [0.4, 0.5) is 8.78 Å². The van der Waals surface area contributed by atoms with Crippen LogP contribution in [0.1, 0.15) is 11.7 Å². The third-order valence-electron chi connectivity index (χ3n) is 3.46. The minimum absolute atomic E-state index is 0.00318. The van der Waals surface area contributed by atoms with E-state index in [0.717, 1.165) is 0 Å². The summed E-state index contributed by atoms with van der Waals surface area (Å²) >= 11 is 0. The monoisotopic (exact) mass is 333 g/mol. The smallest absolute Gasteiger partial charge is 0.387 e. The number of benzene rings is 1. The zero-order valence-corrected chi connectivity index (χ0v) is 12.3. The molecule has 0 aliphatic rings. The van der Waals surface area contributed by atoms with Crippen molar-refractivity contribution >= 4 is 11.0 Å². The lowest BCUT2D eigenvalue weighted by molar-refractivity contribution is -0.0498. The first kappa shape index (κ1) is 16.0. The number of nitrogens with zero attached hydrogens (tertiary/aromatic N) is 3. The Labute approximate surface area is 135 Å². The van der Waals surface area contributed by atoms with Crippen molar-refractivity contribution in [1.82, 2.24) is 14.5 Å². The quantitative estimate of drug-likeness (QED) is 0.774. The van der Waals surface area contributed by atoms with E-state index in [1.54, 1.807) is 12.1 Å². The van der Waals surface area contributed by atoms with Crippen molar-refractivity contribution in [3.05, 3.63) is 64.8 Å². The summed E-state index contributed by atoms with van der Waals surface area (Å²) in [6.07, 6.45) is 1.85. The van der Waals surface area contributed by atoms with Crippen LogP contribution in [0.15, 0.2) is 53.7 Å². The van der Waals surface area contributed by atoms with E-state index in [2.05, 4.69) is 14.7 Å². The summed E-state index contributed by atoms with van der Waals surface area (Å²) in [6.45, 7) is -2.93. The van der Waals surface area contributed by atoms with E-state index in [1.807, 2.05) is 0 Å². The predicted octanol–water partition coefficient (Wildman–Crippen LogP) is 2.13. The van der Waals surface area contributed by atoms with Crippen LogP contribution in [0.2, 0.25) is 0 Å². The maximum absolute atomic E-state index is 12.3. The van der Waals surface area contributed by atoms with Crippen LogP contribution < -0.4 is 10.3 Å². The maximum Gasteiger partial charge on any atom is 0.387 e. The molecule has 6 nitrogen and oxygen atoms in total. The Morgan fingerprint density at radius 3 is 2.62 bits per heavy atom. The minimum Gasteiger partial charge on any atom is -0.435 e. The standard InChI is InChI=1S/C16H13F2N3O3/c17-16(18)24-11-5-3-10(4-6-11)13(22)8-21-9-20-14-12(15(21)23)2-1-7-19-14/h1-7,9,13,16,22H,8H2/t13-/m1/s1. The molecule has 24 heavy (non-hydrogen) atoms. The number of aromatic nitrogens is 3. The van der Waals surface area contributed by atoms with Gasteiger partial charge in [0.15, 0.2) is 5.65 Å². The minimum atomic E-state index is -2.91. The predicted molar refractivity (Wildman–Crippen MR) is 81.8 cm³/mol. The van der Waals surface area contributed by atoms with Crippen LogP contribution in [0.5, 0.6) is 5.75 Å². The zero-order chi connectivity index (χ0) is 17.1. The number of hydrogen-bond donors (Lipinski definition) is 1. The molecule has 3 rings (SSSR count). The van der Waals surface area contributed by atoms with Gasteiger partial charge >= 0.3 is 6.61 Å². The molecule has 3 aromatic rings. The molecular formula is C16H13F2N3O3. The van der Waals surface area contributed by atoms with Crippen molar-refractivity contribution in [3.63, 3.8) is 0 Å². The number of aliphatic hydroxyl groups is 1. The van der Waals surface area contributed by atoms with Gasteiger partial charge in [-0.1, -0.05) is 12.1 Å². The number of ether oxygens (including phenoxy) is 1. The normalized spacial score (nSPS) is 12.5. The molecule has 2 aromatic heterocycles. The van der Waals surface area contributed by atoms with Gasteiger partial charge in [0.05, 0.1) is 18.0 Å². The first-order chi connectivity index (χ1) is 11.5. The average Bonchev–Trinajstić information content (AvgIpc) is 2.57. The molecule has 0 radical (unpaired) electrons. The molecule has 8 heteroatoms. The fraction of sp³-hybridized carbons (Fsp3) is 0.188. The van der Waals surface area contributed by atoms with E-state index in [9.17, 15) is 18.7 Å². The van der Waals surface area contributed by atoms with Crippen molar-refractivity contribution in [2.45, 2.75) is 19.3 Å². The summed E-state index contributed by atoms with van der Waals surface area (Å²) in [5.74, 6) is -0.00318. The van der Waals surface area contributed by atoms with E-state index in [-0.39, 0.29) is 17.9 Å². The van der Waals surface area contributed by atoms with Crippen LogP contribution in [0.25, 0.3) is 11.0 Å². The highest BCUT2D eigenvalue weighted by atomic mass is 19.3. The molecule has 124 valence electrons. The van der Waals surface area contributed by atoms with Crippen molar-refractivity contribution in [1.29, 1.82) is 0 Å². The van der Waals surface area contributed by atoms with Gasteiger partial charge < -0.3 is 9.84 Å². The van der Waals surface area contributed by atoms with Crippen molar-refractivity contribution in [3.8, 4) is 5.75 Å². The molecule has 2 heterocycles.